The molecule has 2 atom stereocenters. The van der Waals surface area contributed by atoms with Gasteiger partial charge in [0.1, 0.15) is 0 Å². The van der Waals surface area contributed by atoms with Crippen LogP contribution >= 0.6 is 15.9 Å². The third-order valence-electron chi connectivity index (χ3n) is 3.53. The van der Waals surface area contributed by atoms with Crippen molar-refractivity contribution in [1.82, 2.24) is 0 Å². The normalized spacial score (nSPS) is 21.3. The third-order valence-corrected chi connectivity index (χ3v) is 4.16. The lowest BCUT2D eigenvalue weighted by atomic mass is 10.1. The Balaban J connectivity index is 2.10. The number of nitrogens with zero attached hydrogens (tertiary/aromatic N) is 1. The van der Waals surface area contributed by atoms with Gasteiger partial charge in [0.25, 0.3) is 0 Å². The van der Waals surface area contributed by atoms with Gasteiger partial charge in [0.2, 0.25) is 0 Å². The molecule has 3 nitrogen and oxygen atoms in total. The zero-order valence-electron chi connectivity index (χ0n) is 11.0. The van der Waals surface area contributed by atoms with E-state index in [4.69, 9.17) is 10.5 Å². The Kier molecular flexibility index (Phi) is 4.65. The summed E-state index contributed by atoms with van der Waals surface area (Å²) in [5.74, 6) is 0.648. The Morgan fingerprint density at radius 1 is 1.56 bits per heavy atom. The van der Waals surface area contributed by atoms with E-state index in [-0.39, 0.29) is 6.04 Å². The first kappa shape index (κ1) is 13.8. The number of rotatable bonds is 4. The molecule has 2 N–H and O–H groups in total. The van der Waals surface area contributed by atoms with Gasteiger partial charge < -0.3 is 15.4 Å². The minimum atomic E-state index is 0.0789. The third kappa shape index (κ3) is 3.05. The Morgan fingerprint density at radius 2 is 2.33 bits per heavy atom. The summed E-state index contributed by atoms with van der Waals surface area (Å²) in [6.07, 6.45) is 1.20. The second-order valence-electron chi connectivity index (χ2n) is 5.06. The maximum absolute atomic E-state index is 5.90. The monoisotopic (exact) mass is 312 g/mol. The van der Waals surface area contributed by atoms with E-state index in [1.807, 2.05) is 6.92 Å². The van der Waals surface area contributed by atoms with E-state index < -0.39 is 0 Å². The van der Waals surface area contributed by atoms with Crippen LogP contribution in [-0.2, 0) is 4.74 Å². The summed E-state index contributed by atoms with van der Waals surface area (Å²) in [5, 5.41) is 0. The fourth-order valence-electron chi connectivity index (χ4n) is 2.49. The van der Waals surface area contributed by atoms with Crippen LogP contribution in [0.15, 0.2) is 22.7 Å². The van der Waals surface area contributed by atoms with Gasteiger partial charge in [-0.1, -0.05) is 6.07 Å². The van der Waals surface area contributed by atoms with Crippen molar-refractivity contribution >= 4 is 21.6 Å². The Labute approximate surface area is 117 Å². The summed E-state index contributed by atoms with van der Waals surface area (Å²) in [5.41, 5.74) is 8.32. The molecule has 2 rings (SSSR count). The molecule has 0 bridgehead atoms. The maximum atomic E-state index is 5.90. The van der Waals surface area contributed by atoms with Gasteiger partial charge in [0.15, 0.2) is 0 Å². The van der Waals surface area contributed by atoms with Crippen molar-refractivity contribution < 1.29 is 4.74 Å². The Hall–Kier alpha value is -0.580. The largest absolute Gasteiger partial charge is 0.384 e. The van der Waals surface area contributed by atoms with Crippen LogP contribution in [0.25, 0.3) is 0 Å². The van der Waals surface area contributed by atoms with Gasteiger partial charge in [-0.05, 0) is 47.0 Å². The van der Waals surface area contributed by atoms with E-state index in [0.29, 0.717) is 5.92 Å². The molecule has 0 aliphatic carbocycles. The van der Waals surface area contributed by atoms with Crippen molar-refractivity contribution in [3.63, 3.8) is 0 Å². The van der Waals surface area contributed by atoms with Crippen LogP contribution < -0.4 is 10.6 Å². The summed E-state index contributed by atoms with van der Waals surface area (Å²) in [6, 6.07) is 6.49. The van der Waals surface area contributed by atoms with E-state index in [1.165, 1.54) is 17.7 Å². The van der Waals surface area contributed by atoms with Crippen LogP contribution in [-0.4, -0.2) is 26.8 Å². The fourth-order valence-corrected chi connectivity index (χ4v) is 3.13. The molecule has 1 aliphatic rings. The van der Waals surface area contributed by atoms with Crippen molar-refractivity contribution in [3.8, 4) is 0 Å². The Bertz CT molecular complexity index is 409. The molecule has 0 saturated carbocycles. The second kappa shape index (κ2) is 6.04. The molecule has 0 aromatic heterocycles. The molecule has 100 valence electrons. The molecule has 1 saturated heterocycles. The van der Waals surface area contributed by atoms with E-state index in [9.17, 15) is 0 Å². The molecular weight excluding hydrogens is 292 g/mol. The summed E-state index contributed by atoms with van der Waals surface area (Å²) >= 11 is 3.66. The highest BCUT2D eigenvalue weighted by Crippen LogP contribution is 2.32. The highest BCUT2D eigenvalue weighted by molar-refractivity contribution is 9.10. The predicted octanol–water partition coefficient (Wildman–Crippen LogP) is 2.94. The van der Waals surface area contributed by atoms with Gasteiger partial charge in [0.05, 0.1) is 12.3 Å². The van der Waals surface area contributed by atoms with E-state index >= 15 is 0 Å². The minimum Gasteiger partial charge on any atom is -0.384 e. The molecule has 0 amide bonds. The van der Waals surface area contributed by atoms with Gasteiger partial charge in [-0.15, -0.1) is 0 Å². The highest BCUT2D eigenvalue weighted by atomic mass is 79.9. The Morgan fingerprint density at radius 3 is 2.94 bits per heavy atom. The average Bonchev–Trinajstić information content (AvgIpc) is 2.77. The number of benzene rings is 1. The lowest BCUT2D eigenvalue weighted by Gasteiger charge is -2.21. The molecule has 1 aliphatic heterocycles. The fraction of sp³-hybridized carbons (Fsp3) is 0.571. The molecular formula is C14H21BrN2O. The topological polar surface area (TPSA) is 38.5 Å². The molecule has 0 radical (unpaired) electrons. The molecule has 1 heterocycles. The number of methoxy groups -OCH3 is 1. The number of hydrogen-bond acceptors (Lipinski definition) is 3. The average molecular weight is 313 g/mol. The van der Waals surface area contributed by atoms with E-state index in [0.717, 1.165) is 24.2 Å². The zero-order valence-corrected chi connectivity index (χ0v) is 12.6. The molecule has 4 heteroatoms. The molecule has 1 fully saturated rings. The van der Waals surface area contributed by atoms with E-state index in [1.54, 1.807) is 7.11 Å². The maximum Gasteiger partial charge on any atom is 0.0510 e. The number of ether oxygens (including phenoxy) is 1. The van der Waals surface area contributed by atoms with Gasteiger partial charge >= 0.3 is 0 Å². The summed E-state index contributed by atoms with van der Waals surface area (Å²) in [6.45, 7) is 5.03. The summed E-state index contributed by atoms with van der Waals surface area (Å²) in [7, 11) is 1.77. The van der Waals surface area contributed by atoms with Gasteiger partial charge in [-0.25, -0.2) is 0 Å². The van der Waals surface area contributed by atoms with Gasteiger partial charge in [-0.3, -0.25) is 0 Å². The first-order chi connectivity index (χ1) is 8.61. The SMILES string of the molecule is COCC1CCN(c2ccc(C(C)N)cc2Br)C1. The second-order valence-corrected chi connectivity index (χ2v) is 5.91. The molecule has 0 spiro atoms. The van der Waals surface area contributed by atoms with Crippen LogP contribution in [0.4, 0.5) is 5.69 Å². The quantitative estimate of drug-likeness (QED) is 0.929. The molecule has 2 unspecified atom stereocenters. The van der Waals surface area contributed by atoms with Crippen molar-refractivity contribution in [2.24, 2.45) is 11.7 Å². The van der Waals surface area contributed by atoms with Gasteiger partial charge in [0, 0.05) is 36.6 Å². The lowest BCUT2D eigenvalue weighted by Crippen LogP contribution is -2.21. The van der Waals surface area contributed by atoms with Crippen LogP contribution in [0, 0.1) is 5.92 Å². The van der Waals surface area contributed by atoms with Crippen LogP contribution in [0.3, 0.4) is 0 Å². The summed E-state index contributed by atoms with van der Waals surface area (Å²) in [4.78, 5) is 2.42. The number of anilines is 1. The van der Waals surface area contributed by atoms with Crippen LogP contribution in [0.2, 0.25) is 0 Å². The van der Waals surface area contributed by atoms with Crippen molar-refractivity contribution in [3.05, 3.63) is 28.2 Å². The first-order valence-corrected chi connectivity index (χ1v) is 7.20. The van der Waals surface area contributed by atoms with E-state index in [2.05, 4.69) is 39.0 Å². The van der Waals surface area contributed by atoms with Crippen molar-refractivity contribution in [1.29, 1.82) is 0 Å². The van der Waals surface area contributed by atoms with Gasteiger partial charge in [-0.2, -0.15) is 0 Å². The molecule has 1 aromatic carbocycles. The lowest BCUT2D eigenvalue weighted by molar-refractivity contribution is 0.161. The standard InChI is InChI=1S/C14H21BrN2O/c1-10(16)12-3-4-14(13(15)7-12)17-6-5-11(8-17)9-18-2/h3-4,7,10-11H,5-6,8-9,16H2,1-2H3. The number of nitrogens with two attached hydrogens (primary N) is 1. The summed E-state index contributed by atoms with van der Waals surface area (Å²) < 4.78 is 6.37. The van der Waals surface area contributed by atoms with Crippen LogP contribution in [0.1, 0.15) is 24.9 Å². The van der Waals surface area contributed by atoms with Crippen molar-refractivity contribution in [2.75, 3.05) is 31.7 Å². The smallest absolute Gasteiger partial charge is 0.0510 e. The van der Waals surface area contributed by atoms with Crippen molar-refractivity contribution in [2.45, 2.75) is 19.4 Å². The predicted molar refractivity (Wildman–Crippen MR) is 78.9 cm³/mol. The molecule has 18 heavy (non-hydrogen) atoms. The minimum absolute atomic E-state index is 0.0789. The number of hydrogen-bond donors (Lipinski definition) is 1. The number of halogens is 1. The van der Waals surface area contributed by atoms with Crippen LogP contribution in [0.5, 0.6) is 0 Å². The first-order valence-electron chi connectivity index (χ1n) is 6.40. The molecule has 1 aromatic rings. The highest BCUT2D eigenvalue weighted by Gasteiger charge is 2.23. The zero-order chi connectivity index (χ0) is 13.1.